The van der Waals surface area contributed by atoms with Gasteiger partial charge < -0.3 is 14.8 Å². The summed E-state index contributed by atoms with van der Waals surface area (Å²) in [7, 11) is 0. The van der Waals surface area contributed by atoms with E-state index in [1.165, 1.54) is 17.1 Å². The maximum absolute atomic E-state index is 11.5. The quantitative estimate of drug-likeness (QED) is 0.519. The van der Waals surface area contributed by atoms with Crippen molar-refractivity contribution in [1.82, 2.24) is 9.96 Å². The molecular formula is C14H18N2O6. The smallest absolute Gasteiger partial charge is 0.333 e. The topological polar surface area (TPSA) is 104 Å². The van der Waals surface area contributed by atoms with Gasteiger partial charge in [-0.2, -0.15) is 0 Å². The normalized spacial score (nSPS) is 21.1. The van der Waals surface area contributed by atoms with E-state index in [0.717, 1.165) is 0 Å². The van der Waals surface area contributed by atoms with Crippen LogP contribution < -0.4 is 0 Å². The van der Waals surface area contributed by atoms with Gasteiger partial charge in [0.2, 0.25) is 5.91 Å². The van der Waals surface area contributed by atoms with Crippen molar-refractivity contribution in [2.24, 2.45) is 0 Å². The molecule has 2 heterocycles. The fourth-order valence-corrected chi connectivity index (χ4v) is 2.27. The number of hydrogen-bond acceptors (Lipinski definition) is 6. The zero-order valence-electron chi connectivity index (χ0n) is 12.1. The molecule has 0 saturated carbocycles. The molecule has 120 valence electrons. The van der Waals surface area contributed by atoms with Gasteiger partial charge in [0, 0.05) is 31.9 Å². The molecule has 2 aliphatic heterocycles. The number of rotatable bonds is 7. The van der Waals surface area contributed by atoms with E-state index in [1.54, 1.807) is 0 Å². The van der Waals surface area contributed by atoms with Crippen molar-refractivity contribution in [3.63, 3.8) is 0 Å². The molecule has 2 aliphatic rings. The highest BCUT2D eigenvalue weighted by molar-refractivity contribution is 6.01. The lowest BCUT2D eigenvalue weighted by atomic mass is 10.2. The van der Waals surface area contributed by atoms with Gasteiger partial charge in [0.1, 0.15) is 6.23 Å². The van der Waals surface area contributed by atoms with E-state index < -0.39 is 24.0 Å². The van der Waals surface area contributed by atoms with Crippen LogP contribution in [-0.2, 0) is 24.0 Å². The van der Waals surface area contributed by atoms with Gasteiger partial charge in [-0.25, -0.2) is 4.79 Å². The summed E-state index contributed by atoms with van der Waals surface area (Å²) >= 11 is 0. The summed E-state index contributed by atoms with van der Waals surface area (Å²) in [5.41, 5.74) is 0. The highest BCUT2D eigenvalue weighted by Crippen LogP contribution is 2.14. The Balaban J connectivity index is 1.59. The number of hydroxylamine groups is 2. The van der Waals surface area contributed by atoms with Gasteiger partial charge >= 0.3 is 5.97 Å². The predicted octanol–water partition coefficient (Wildman–Crippen LogP) is -0.129. The fraction of sp³-hybridized carbons (Fsp3) is 0.571. The molecule has 0 spiro atoms. The molecule has 1 saturated heterocycles. The van der Waals surface area contributed by atoms with Gasteiger partial charge in [0.15, 0.2) is 0 Å². The van der Waals surface area contributed by atoms with Gasteiger partial charge in [-0.1, -0.05) is 6.42 Å². The van der Waals surface area contributed by atoms with E-state index in [4.69, 9.17) is 4.84 Å². The van der Waals surface area contributed by atoms with Crippen LogP contribution in [0.5, 0.6) is 0 Å². The Morgan fingerprint density at radius 3 is 2.45 bits per heavy atom. The van der Waals surface area contributed by atoms with E-state index in [0.29, 0.717) is 30.9 Å². The highest BCUT2D eigenvalue weighted by atomic mass is 16.7. The number of unbranched alkanes of at least 4 members (excludes halogenated alkanes) is 2. The van der Waals surface area contributed by atoms with Crippen LogP contribution in [0, 0.1) is 0 Å². The molecular weight excluding hydrogens is 292 g/mol. The highest BCUT2D eigenvalue weighted by Gasteiger charge is 2.32. The second-order valence-corrected chi connectivity index (χ2v) is 5.16. The van der Waals surface area contributed by atoms with Gasteiger partial charge in [-0.05, 0) is 18.9 Å². The minimum atomic E-state index is -0.871. The number of amides is 3. The molecule has 0 aromatic rings. The average molecular weight is 310 g/mol. The molecule has 22 heavy (non-hydrogen) atoms. The maximum atomic E-state index is 11.5. The summed E-state index contributed by atoms with van der Waals surface area (Å²) in [6.07, 6.45) is 3.93. The molecule has 1 atom stereocenters. The molecule has 8 nitrogen and oxygen atoms in total. The Morgan fingerprint density at radius 1 is 1.18 bits per heavy atom. The third-order valence-electron chi connectivity index (χ3n) is 3.49. The van der Waals surface area contributed by atoms with Gasteiger partial charge in [-0.15, -0.1) is 5.06 Å². The second-order valence-electron chi connectivity index (χ2n) is 5.16. The Morgan fingerprint density at radius 2 is 1.86 bits per heavy atom. The van der Waals surface area contributed by atoms with Crippen molar-refractivity contribution in [3.05, 3.63) is 12.2 Å². The maximum Gasteiger partial charge on any atom is 0.333 e. The van der Waals surface area contributed by atoms with Gasteiger partial charge in [-0.3, -0.25) is 14.4 Å². The number of aliphatic hydroxyl groups excluding tert-OH is 1. The molecule has 2 rings (SSSR count). The standard InChI is InChI=1S/C14H18N2O6/c17-10-5-6-11(18)15(10)9-3-1-2-4-14(21)22-16-12(19)7-8-13(16)20/h5-6,10,17H,1-4,7-9H2. The lowest BCUT2D eigenvalue weighted by molar-refractivity contribution is -0.197. The molecule has 1 fully saturated rings. The van der Waals surface area contributed by atoms with Crippen LogP contribution in [-0.4, -0.2) is 51.5 Å². The Kier molecular flexibility index (Phi) is 5.26. The molecule has 1 unspecified atom stereocenters. The van der Waals surface area contributed by atoms with E-state index in [1.807, 2.05) is 0 Å². The van der Waals surface area contributed by atoms with Crippen molar-refractivity contribution in [1.29, 1.82) is 0 Å². The Bertz CT molecular complexity index is 499. The monoisotopic (exact) mass is 310 g/mol. The van der Waals surface area contributed by atoms with Crippen molar-refractivity contribution >= 4 is 23.7 Å². The lowest BCUT2D eigenvalue weighted by Gasteiger charge is -2.20. The largest absolute Gasteiger partial charge is 0.370 e. The lowest BCUT2D eigenvalue weighted by Crippen LogP contribution is -2.34. The third kappa shape index (κ3) is 3.91. The zero-order valence-corrected chi connectivity index (χ0v) is 12.1. The third-order valence-corrected chi connectivity index (χ3v) is 3.49. The SMILES string of the molecule is O=C(CCCCCN1C(=O)C=CC1O)ON1C(=O)CCC1=O. The summed E-state index contributed by atoms with van der Waals surface area (Å²) in [4.78, 5) is 51.5. The molecule has 1 N–H and O–H groups in total. The van der Waals surface area contributed by atoms with Gasteiger partial charge in [0.25, 0.3) is 11.8 Å². The first-order valence-corrected chi connectivity index (χ1v) is 7.22. The van der Waals surface area contributed by atoms with Gasteiger partial charge in [0.05, 0.1) is 0 Å². The Labute approximate surface area is 127 Å². The number of imide groups is 1. The van der Waals surface area contributed by atoms with Crippen molar-refractivity contribution in [2.75, 3.05) is 6.54 Å². The van der Waals surface area contributed by atoms with E-state index in [-0.39, 0.29) is 25.2 Å². The van der Waals surface area contributed by atoms with Crippen molar-refractivity contribution < 1.29 is 29.1 Å². The van der Waals surface area contributed by atoms with Crippen LogP contribution in [0.2, 0.25) is 0 Å². The van der Waals surface area contributed by atoms with Crippen LogP contribution in [0.4, 0.5) is 0 Å². The van der Waals surface area contributed by atoms with Crippen LogP contribution in [0.3, 0.4) is 0 Å². The fourth-order valence-electron chi connectivity index (χ4n) is 2.27. The van der Waals surface area contributed by atoms with Crippen LogP contribution >= 0.6 is 0 Å². The predicted molar refractivity (Wildman–Crippen MR) is 72.5 cm³/mol. The number of nitrogens with zero attached hydrogens (tertiary/aromatic N) is 2. The molecule has 0 bridgehead atoms. The van der Waals surface area contributed by atoms with Crippen LogP contribution in [0.1, 0.15) is 38.5 Å². The minimum Gasteiger partial charge on any atom is -0.370 e. The number of aliphatic hydroxyl groups is 1. The molecule has 0 aromatic heterocycles. The van der Waals surface area contributed by atoms with E-state index in [9.17, 15) is 24.3 Å². The average Bonchev–Trinajstić information content (AvgIpc) is 2.96. The summed E-state index contributed by atoms with van der Waals surface area (Å²) in [5.74, 6) is -1.83. The Hall–Kier alpha value is -2.22. The van der Waals surface area contributed by atoms with Crippen molar-refractivity contribution in [2.45, 2.75) is 44.8 Å². The van der Waals surface area contributed by atoms with E-state index in [2.05, 4.69) is 0 Å². The first kappa shape index (κ1) is 16.2. The molecule has 0 radical (unpaired) electrons. The molecule has 3 amide bonds. The molecule has 0 aliphatic carbocycles. The summed E-state index contributed by atoms with van der Waals surface area (Å²) < 4.78 is 0. The minimum absolute atomic E-state index is 0.0757. The van der Waals surface area contributed by atoms with Crippen LogP contribution in [0.25, 0.3) is 0 Å². The number of carbonyl (C=O) groups is 4. The van der Waals surface area contributed by atoms with Crippen LogP contribution in [0.15, 0.2) is 12.2 Å². The summed E-state index contributed by atoms with van der Waals surface area (Å²) in [6.45, 7) is 0.408. The summed E-state index contributed by atoms with van der Waals surface area (Å²) in [5, 5.41) is 10.0. The second kappa shape index (κ2) is 7.17. The molecule has 0 aromatic carbocycles. The van der Waals surface area contributed by atoms with Crippen molar-refractivity contribution in [3.8, 4) is 0 Å². The summed E-state index contributed by atoms with van der Waals surface area (Å²) in [6, 6.07) is 0. The number of hydrogen-bond donors (Lipinski definition) is 1. The van der Waals surface area contributed by atoms with E-state index >= 15 is 0 Å². The zero-order chi connectivity index (χ0) is 16.1. The number of carbonyl (C=O) groups excluding carboxylic acids is 4. The first-order chi connectivity index (χ1) is 10.5. The molecule has 8 heteroatoms. The first-order valence-electron chi connectivity index (χ1n) is 7.22.